The summed E-state index contributed by atoms with van der Waals surface area (Å²) in [5.74, 6) is -0.278. The first kappa shape index (κ1) is 20.4. The Morgan fingerprint density at radius 2 is 1.87 bits per heavy atom. The lowest BCUT2D eigenvalue weighted by molar-refractivity contribution is -0.274. The first-order valence-electron chi connectivity index (χ1n) is 9.74. The number of ether oxygens (including phenoxy) is 2. The van der Waals surface area contributed by atoms with Gasteiger partial charge in [0.15, 0.2) is 0 Å². The van der Waals surface area contributed by atoms with E-state index in [9.17, 15) is 13.2 Å². The van der Waals surface area contributed by atoms with Crippen molar-refractivity contribution in [3.8, 4) is 22.7 Å². The molecular formula is C22H22F3N3O2. The second-order valence-corrected chi connectivity index (χ2v) is 7.50. The highest BCUT2D eigenvalue weighted by atomic mass is 19.4. The molecule has 0 fully saturated rings. The summed E-state index contributed by atoms with van der Waals surface area (Å²) < 4.78 is 49.7. The van der Waals surface area contributed by atoms with Gasteiger partial charge in [-0.25, -0.2) is 4.68 Å². The predicted octanol–water partition coefficient (Wildman–Crippen LogP) is 4.95. The molecule has 0 amide bonds. The van der Waals surface area contributed by atoms with Gasteiger partial charge < -0.3 is 9.47 Å². The van der Waals surface area contributed by atoms with E-state index in [0.717, 1.165) is 33.9 Å². The van der Waals surface area contributed by atoms with Crippen LogP contribution in [0, 0.1) is 13.8 Å². The van der Waals surface area contributed by atoms with E-state index in [1.807, 2.05) is 32.9 Å². The molecule has 2 aromatic heterocycles. The van der Waals surface area contributed by atoms with Gasteiger partial charge >= 0.3 is 6.36 Å². The molecule has 4 rings (SSSR count). The quantitative estimate of drug-likeness (QED) is 0.605. The fourth-order valence-electron chi connectivity index (χ4n) is 3.88. The van der Waals surface area contributed by atoms with Crippen LogP contribution in [0.3, 0.4) is 0 Å². The number of hydrogen-bond acceptors (Lipinski definition) is 4. The van der Waals surface area contributed by atoms with Gasteiger partial charge in [0, 0.05) is 35.0 Å². The molecule has 3 heterocycles. The molecule has 1 atom stereocenters. The fourth-order valence-corrected chi connectivity index (χ4v) is 3.88. The first-order chi connectivity index (χ1) is 14.2. The molecule has 0 saturated carbocycles. The number of nitrogens with zero attached hydrogens (tertiary/aromatic N) is 3. The van der Waals surface area contributed by atoms with Gasteiger partial charge in [0.1, 0.15) is 5.75 Å². The topological polar surface area (TPSA) is 49.2 Å². The number of aryl methyl sites for hydroxylation is 2. The van der Waals surface area contributed by atoms with Crippen LogP contribution < -0.4 is 4.74 Å². The number of aromatic nitrogens is 3. The number of rotatable bonds is 3. The minimum atomic E-state index is -4.75. The van der Waals surface area contributed by atoms with Gasteiger partial charge in [0.2, 0.25) is 0 Å². The molecule has 0 radical (unpaired) electrons. The van der Waals surface area contributed by atoms with Crippen LogP contribution in [-0.4, -0.2) is 33.8 Å². The van der Waals surface area contributed by atoms with Crippen LogP contribution in [0.15, 0.2) is 36.4 Å². The Hall–Kier alpha value is -2.87. The van der Waals surface area contributed by atoms with Crippen molar-refractivity contribution in [2.45, 2.75) is 46.1 Å². The number of halogens is 3. The van der Waals surface area contributed by atoms with E-state index in [2.05, 4.69) is 9.72 Å². The zero-order valence-corrected chi connectivity index (χ0v) is 17.0. The molecule has 8 heteroatoms. The third kappa shape index (κ3) is 4.33. The molecule has 0 bridgehead atoms. The Morgan fingerprint density at radius 3 is 2.57 bits per heavy atom. The van der Waals surface area contributed by atoms with Gasteiger partial charge in [-0.15, -0.1) is 13.2 Å². The second kappa shape index (κ2) is 7.75. The van der Waals surface area contributed by atoms with E-state index in [1.165, 1.54) is 18.2 Å². The van der Waals surface area contributed by atoms with Gasteiger partial charge in [-0.3, -0.25) is 4.98 Å². The van der Waals surface area contributed by atoms with E-state index in [-0.39, 0.29) is 11.9 Å². The smallest absolute Gasteiger partial charge is 0.406 e. The van der Waals surface area contributed by atoms with Crippen LogP contribution in [0.2, 0.25) is 0 Å². The lowest BCUT2D eigenvalue weighted by Gasteiger charge is -2.13. The molecule has 0 unspecified atom stereocenters. The van der Waals surface area contributed by atoms with Gasteiger partial charge in [-0.2, -0.15) is 5.10 Å². The summed E-state index contributed by atoms with van der Waals surface area (Å²) in [5, 5.41) is 4.82. The summed E-state index contributed by atoms with van der Waals surface area (Å²) >= 11 is 0. The molecule has 30 heavy (non-hydrogen) atoms. The van der Waals surface area contributed by atoms with E-state index in [0.29, 0.717) is 25.1 Å². The van der Waals surface area contributed by atoms with Crippen LogP contribution in [-0.2, 0) is 17.6 Å². The van der Waals surface area contributed by atoms with E-state index in [1.54, 1.807) is 10.7 Å². The molecule has 1 aromatic carbocycles. The average Bonchev–Trinajstić information content (AvgIpc) is 2.87. The van der Waals surface area contributed by atoms with Crippen LogP contribution in [0.4, 0.5) is 13.2 Å². The first-order valence-corrected chi connectivity index (χ1v) is 9.74. The number of fused-ring (bicyclic) bond motifs is 1. The summed E-state index contributed by atoms with van der Waals surface area (Å²) in [6, 6.07) is 9.82. The van der Waals surface area contributed by atoms with Crippen LogP contribution >= 0.6 is 0 Å². The van der Waals surface area contributed by atoms with Crippen LogP contribution in [0.1, 0.15) is 29.6 Å². The van der Waals surface area contributed by atoms with Gasteiger partial charge in [-0.1, -0.05) is 6.07 Å². The van der Waals surface area contributed by atoms with Crippen LogP contribution in [0.5, 0.6) is 5.75 Å². The highest BCUT2D eigenvalue weighted by Gasteiger charge is 2.31. The fraction of sp³-hybridized carbons (Fsp3) is 0.364. The zero-order chi connectivity index (χ0) is 21.5. The Labute approximate surface area is 172 Å². The van der Waals surface area contributed by atoms with Crippen molar-refractivity contribution in [2.75, 3.05) is 6.61 Å². The number of pyridine rings is 1. The standard InChI is InChI=1S/C22H22F3N3O2/c1-13-9-16(10-14(2)26-13)21-19-7-8-29-15(3)11-20(19)28(27-21)17-5-4-6-18(12-17)30-22(23,24)25/h4-6,9-10,12,15H,7-8,11H2,1-3H3/t15-/m1/s1. The Bertz CT molecular complexity index is 1060. The van der Waals surface area contributed by atoms with Crippen molar-refractivity contribution in [3.63, 3.8) is 0 Å². The van der Waals surface area contributed by atoms with Crippen molar-refractivity contribution in [2.24, 2.45) is 0 Å². The highest BCUT2D eigenvalue weighted by molar-refractivity contribution is 5.66. The summed E-state index contributed by atoms with van der Waals surface area (Å²) in [5.41, 5.74) is 6.00. The maximum Gasteiger partial charge on any atom is 0.573 e. The van der Waals surface area contributed by atoms with E-state index >= 15 is 0 Å². The summed E-state index contributed by atoms with van der Waals surface area (Å²) in [6.07, 6.45) is -3.49. The van der Waals surface area contributed by atoms with Crippen molar-refractivity contribution >= 4 is 0 Å². The van der Waals surface area contributed by atoms with E-state index in [4.69, 9.17) is 9.84 Å². The summed E-state index contributed by atoms with van der Waals surface area (Å²) in [7, 11) is 0. The molecule has 3 aromatic rings. The molecule has 0 spiro atoms. The number of hydrogen-bond donors (Lipinski definition) is 0. The molecule has 158 valence electrons. The third-order valence-electron chi connectivity index (χ3n) is 4.98. The van der Waals surface area contributed by atoms with Gasteiger partial charge in [-0.05, 0) is 51.5 Å². The highest BCUT2D eigenvalue weighted by Crippen LogP contribution is 2.33. The van der Waals surface area contributed by atoms with Gasteiger partial charge in [0.05, 0.1) is 29.8 Å². The minimum Gasteiger partial charge on any atom is -0.406 e. The summed E-state index contributed by atoms with van der Waals surface area (Å²) in [6.45, 7) is 6.40. The largest absolute Gasteiger partial charge is 0.573 e. The number of alkyl halides is 3. The van der Waals surface area contributed by atoms with Crippen LogP contribution in [0.25, 0.3) is 16.9 Å². The normalized spacial score (nSPS) is 16.8. The molecule has 1 aliphatic heterocycles. The molecule has 0 N–H and O–H groups in total. The lowest BCUT2D eigenvalue weighted by atomic mass is 10.0. The predicted molar refractivity (Wildman–Crippen MR) is 106 cm³/mol. The summed E-state index contributed by atoms with van der Waals surface area (Å²) in [4.78, 5) is 4.43. The zero-order valence-electron chi connectivity index (χ0n) is 17.0. The second-order valence-electron chi connectivity index (χ2n) is 7.50. The van der Waals surface area contributed by atoms with Crippen molar-refractivity contribution in [1.29, 1.82) is 0 Å². The molecule has 5 nitrogen and oxygen atoms in total. The molecule has 0 saturated heterocycles. The van der Waals surface area contributed by atoms with Crippen molar-refractivity contribution in [3.05, 3.63) is 59.0 Å². The van der Waals surface area contributed by atoms with E-state index < -0.39 is 6.36 Å². The molecule has 0 aliphatic carbocycles. The maximum atomic E-state index is 12.7. The third-order valence-corrected chi connectivity index (χ3v) is 4.98. The Balaban J connectivity index is 1.86. The maximum absolute atomic E-state index is 12.7. The average molecular weight is 417 g/mol. The van der Waals surface area contributed by atoms with Crippen molar-refractivity contribution < 1.29 is 22.6 Å². The molecule has 1 aliphatic rings. The van der Waals surface area contributed by atoms with Crippen molar-refractivity contribution in [1.82, 2.24) is 14.8 Å². The van der Waals surface area contributed by atoms with Gasteiger partial charge in [0.25, 0.3) is 0 Å². The monoisotopic (exact) mass is 417 g/mol. The Kier molecular flexibility index (Phi) is 5.27. The molecular weight excluding hydrogens is 395 g/mol. The lowest BCUT2D eigenvalue weighted by Crippen LogP contribution is -2.17. The number of benzene rings is 1. The minimum absolute atomic E-state index is 0.0231. The SMILES string of the molecule is Cc1cc(-c2nn(-c3cccc(OC(F)(F)F)c3)c3c2CCO[C@H](C)C3)cc(C)n1. The Morgan fingerprint density at radius 1 is 1.13 bits per heavy atom.